The molecule has 4 nitrogen and oxygen atoms in total. The third kappa shape index (κ3) is 3.76. The van der Waals surface area contributed by atoms with Crippen LogP contribution in [-0.2, 0) is 9.53 Å². The Kier molecular flexibility index (Phi) is 5.62. The van der Waals surface area contributed by atoms with Crippen molar-refractivity contribution >= 4 is 17.5 Å². The molecular formula is C16H23ClN2O2. The Hall–Kier alpha value is -1.10. The van der Waals surface area contributed by atoms with Crippen LogP contribution in [0.5, 0.6) is 0 Å². The van der Waals surface area contributed by atoms with E-state index in [0.29, 0.717) is 24.7 Å². The van der Waals surface area contributed by atoms with Crippen molar-refractivity contribution in [2.75, 3.05) is 26.7 Å². The number of carbonyl (C=O) groups excluding carboxylic acids is 1. The average molecular weight is 311 g/mol. The highest BCUT2D eigenvalue weighted by Crippen LogP contribution is 2.30. The lowest BCUT2D eigenvalue weighted by Crippen LogP contribution is -2.51. The van der Waals surface area contributed by atoms with E-state index in [1.165, 1.54) is 0 Å². The fourth-order valence-electron chi connectivity index (χ4n) is 2.66. The van der Waals surface area contributed by atoms with E-state index in [-0.39, 0.29) is 24.0 Å². The number of carbonyl (C=O) groups is 1. The lowest BCUT2D eigenvalue weighted by molar-refractivity contribution is -0.148. The van der Waals surface area contributed by atoms with Crippen LogP contribution in [0.2, 0.25) is 5.02 Å². The van der Waals surface area contributed by atoms with Crippen LogP contribution in [0.3, 0.4) is 0 Å². The summed E-state index contributed by atoms with van der Waals surface area (Å²) in [4.78, 5) is 14.5. The van der Waals surface area contributed by atoms with Crippen LogP contribution in [0.25, 0.3) is 0 Å². The molecule has 0 bridgehead atoms. The van der Waals surface area contributed by atoms with Crippen LogP contribution in [0.4, 0.5) is 0 Å². The Labute approximate surface area is 131 Å². The highest BCUT2D eigenvalue weighted by molar-refractivity contribution is 6.31. The van der Waals surface area contributed by atoms with Crippen LogP contribution in [0.15, 0.2) is 24.3 Å². The van der Waals surface area contributed by atoms with Gasteiger partial charge >= 0.3 is 0 Å². The normalized spacial score (nSPS) is 23.9. The van der Waals surface area contributed by atoms with Gasteiger partial charge in [0.15, 0.2) is 0 Å². The number of morpholine rings is 1. The Balaban J connectivity index is 2.12. The second kappa shape index (κ2) is 7.25. The predicted molar refractivity (Wildman–Crippen MR) is 84.4 cm³/mol. The molecule has 1 aliphatic rings. The molecule has 3 unspecified atom stereocenters. The Bertz CT molecular complexity index is 495. The number of rotatable bonds is 4. The van der Waals surface area contributed by atoms with E-state index in [1.807, 2.05) is 50.1 Å². The van der Waals surface area contributed by atoms with Crippen molar-refractivity contribution < 1.29 is 9.53 Å². The number of ether oxygens (including phenoxy) is 1. The van der Waals surface area contributed by atoms with E-state index >= 15 is 0 Å². The maximum absolute atomic E-state index is 12.6. The molecule has 1 heterocycles. The van der Waals surface area contributed by atoms with E-state index in [9.17, 15) is 4.79 Å². The molecule has 1 aromatic carbocycles. The zero-order valence-corrected chi connectivity index (χ0v) is 13.6. The SMILES string of the molecule is CNCC(C)C(=O)N1CC(c2ccccc2Cl)OCC1C. The first-order valence-electron chi connectivity index (χ1n) is 7.35. The third-order valence-electron chi connectivity index (χ3n) is 3.90. The first kappa shape index (κ1) is 16.3. The minimum absolute atomic E-state index is 0.0394. The van der Waals surface area contributed by atoms with E-state index < -0.39 is 0 Å². The molecule has 0 radical (unpaired) electrons. The molecule has 5 heteroatoms. The lowest BCUT2D eigenvalue weighted by atomic mass is 10.0. The minimum Gasteiger partial charge on any atom is -0.369 e. The van der Waals surface area contributed by atoms with Crippen LogP contribution in [-0.4, -0.2) is 43.6 Å². The molecule has 0 saturated carbocycles. The Morgan fingerprint density at radius 3 is 2.90 bits per heavy atom. The molecule has 2 rings (SSSR count). The van der Waals surface area contributed by atoms with Crippen LogP contribution in [0, 0.1) is 5.92 Å². The van der Waals surface area contributed by atoms with Gasteiger partial charge in [0, 0.05) is 23.0 Å². The van der Waals surface area contributed by atoms with Gasteiger partial charge in [-0.05, 0) is 20.0 Å². The van der Waals surface area contributed by atoms with Crippen molar-refractivity contribution in [1.82, 2.24) is 10.2 Å². The highest BCUT2D eigenvalue weighted by atomic mass is 35.5. The maximum atomic E-state index is 12.6. The van der Waals surface area contributed by atoms with E-state index in [2.05, 4.69) is 5.32 Å². The van der Waals surface area contributed by atoms with E-state index in [1.54, 1.807) is 0 Å². The zero-order chi connectivity index (χ0) is 15.4. The van der Waals surface area contributed by atoms with E-state index in [4.69, 9.17) is 16.3 Å². The third-order valence-corrected chi connectivity index (χ3v) is 4.24. The highest BCUT2D eigenvalue weighted by Gasteiger charge is 2.33. The molecule has 1 amide bonds. The van der Waals surface area contributed by atoms with E-state index in [0.717, 1.165) is 5.56 Å². The van der Waals surface area contributed by atoms with Gasteiger partial charge in [-0.25, -0.2) is 0 Å². The van der Waals surface area contributed by atoms with Crippen molar-refractivity contribution in [1.29, 1.82) is 0 Å². The predicted octanol–water partition coefficient (Wildman–Crippen LogP) is 2.48. The molecule has 0 aromatic heterocycles. The lowest BCUT2D eigenvalue weighted by Gasteiger charge is -2.39. The molecule has 1 saturated heterocycles. The fourth-order valence-corrected chi connectivity index (χ4v) is 2.92. The monoisotopic (exact) mass is 310 g/mol. The van der Waals surface area contributed by atoms with Crippen LogP contribution < -0.4 is 5.32 Å². The van der Waals surface area contributed by atoms with Crippen molar-refractivity contribution in [3.05, 3.63) is 34.9 Å². The quantitative estimate of drug-likeness (QED) is 0.929. The fraction of sp³-hybridized carbons (Fsp3) is 0.562. The van der Waals surface area contributed by atoms with Gasteiger partial charge in [-0.2, -0.15) is 0 Å². The second-order valence-corrected chi connectivity index (χ2v) is 6.05. The summed E-state index contributed by atoms with van der Waals surface area (Å²) < 4.78 is 5.88. The molecule has 21 heavy (non-hydrogen) atoms. The molecule has 0 aliphatic carbocycles. The minimum atomic E-state index is -0.152. The largest absolute Gasteiger partial charge is 0.369 e. The molecule has 1 fully saturated rings. The molecule has 1 aromatic rings. The number of nitrogens with one attached hydrogen (secondary N) is 1. The Morgan fingerprint density at radius 1 is 1.52 bits per heavy atom. The number of hydrogen-bond acceptors (Lipinski definition) is 3. The van der Waals surface area contributed by atoms with Crippen molar-refractivity contribution in [3.8, 4) is 0 Å². The second-order valence-electron chi connectivity index (χ2n) is 5.64. The summed E-state index contributed by atoms with van der Waals surface area (Å²) in [6.07, 6.45) is -0.152. The first-order chi connectivity index (χ1) is 10.0. The average Bonchev–Trinajstić information content (AvgIpc) is 2.48. The molecule has 1 N–H and O–H groups in total. The molecule has 116 valence electrons. The molecular weight excluding hydrogens is 288 g/mol. The van der Waals surface area contributed by atoms with Crippen LogP contribution in [0.1, 0.15) is 25.5 Å². The van der Waals surface area contributed by atoms with Crippen LogP contribution >= 0.6 is 11.6 Å². The number of amides is 1. The maximum Gasteiger partial charge on any atom is 0.227 e. The smallest absolute Gasteiger partial charge is 0.227 e. The zero-order valence-electron chi connectivity index (χ0n) is 12.8. The van der Waals surface area contributed by atoms with Gasteiger partial charge in [0.25, 0.3) is 0 Å². The number of hydrogen-bond donors (Lipinski definition) is 1. The number of benzene rings is 1. The molecule has 0 spiro atoms. The van der Waals surface area contributed by atoms with Crippen molar-refractivity contribution in [2.24, 2.45) is 5.92 Å². The summed E-state index contributed by atoms with van der Waals surface area (Å²) in [6.45, 7) is 5.74. The summed E-state index contributed by atoms with van der Waals surface area (Å²) in [5, 5.41) is 3.74. The Morgan fingerprint density at radius 2 is 2.24 bits per heavy atom. The van der Waals surface area contributed by atoms with Gasteiger partial charge in [0.1, 0.15) is 6.10 Å². The summed E-state index contributed by atoms with van der Waals surface area (Å²) in [5.41, 5.74) is 0.949. The van der Waals surface area contributed by atoms with Gasteiger partial charge in [0.05, 0.1) is 19.2 Å². The molecule has 3 atom stereocenters. The summed E-state index contributed by atoms with van der Waals surface area (Å²) in [7, 11) is 1.86. The summed E-state index contributed by atoms with van der Waals surface area (Å²) in [5.74, 6) is 0.125. The first-order valence-corrected chi connectivity index (χ1v) is 7.73. The summed E-state index contributed by atoms with van der Waals surface area (Å²) in [6, 6.07) is 7.75. The number of halogens is 1. The van der Waals surface area contributed by atoms with Gasteiger partial charge in [-0.3, -0.25) is 4.79 Å². The van der Waals surface area contributed by atoms with Crippen molar-refractivity contribution in [2.45, 2.75) is 26.0 Å². The van der Waals surface area contributed by atoms with Gasteiger partial charge in [0.2, 0.25) is 5.91 Å². The van der Waals surface area contributed by atoms with Gasteiger partial charge in [-0.1, -0.05) is 36.7 Å². The molecule has 1 aliphatic heterocycles. The number of nitrogens with zero attached hydrogens (tertiary/aromatic N) is 1. The summed E-state index contributed by atoms with van der Waals surface area (Å²) >= 11 is 6.24. The van der Waals surface area contributed by atoms with Crippen molar-refractivity contribution in [3.63, 3.8) is 0 Å². The van der Waals surface area contributed by atoms with Gasteiger partial charge in [-0.15, -0.1) is 0 Å². The topological polar surface area (TPSA) is 41.6 Å². The van der Waals surface area contributed by atoms with Gasteiger partial charge < -0.3 is 15.0 Å². The standard InChI is InChI=1S/C16H23ClN2O2/c1-11(8-18-3)16(20)19-9-15(21-10-12(19)2)13-6-4-5-7-14(13)17/h4-7,11-12,15,18H,8-10H2,1-3H3.